The van der Waals surface area contributed by atoms with Crippen LogP contribution in [0.4, 0.5) is 0 Å². The monoisotopic (exact) mass is 357 g/mol. The van der Waals surface area contributed by atoms with Crippen LogP contribution < -0.4 is 10.5 Å². The number of likely N-dealkylation sites (tertiary alicyclic amines) is 1. The van der Waals surface area contributed by atoms with Crippen LogP contribution in [0.2, 0.25) is 0 Å². The third kappa shape index (κ3) is 3.60. The lowest BCUT2D eigenvalue weighted by atomic mass is 9.79. The second kappa shape index (κ2) is 7.11. The van der Waals surface area contributed by atoms with E-state index in [-0.39, 0.29) is 17.4 Å². The molecule has 1 aromatic carbocycles. The van der Waals surface area contributed by atoms with Crippen molar-refractivity contribution in [3.63, 3.8) is 0 Å². The predicted molar refractivity (Wildman–Crippen MR) is 99.0 cm³/mol. The van der Waals surface area contributed by atoms with Crippen molar-refractivity contribution in [3.05, 3.63) is 46.8 Å². The lowest BCUT2D eigenvalue weighted by Gasteiger charge is -2.42. The van der Waals surface area contributed by atoms with Gasteiger partial charge in [-0.2, -0.15) is 0 Å². The predicted octanol–water partition coefficient (Wildman–Crippen LogP) is 3.07. The number of nitrogens with two attached hydrogens (primary N) is 1. The third-order valence-corrected chi connectivity index (χ3v) is 5.27. The van der Waals surface area contributed by atoms with Crippen molar-refractivity contribution < 1.29 is 14.1 Å². The van der Waals surface area contributed by atoms with E-state index in [4.69, 9.17) is 15.0 Å². The summed E-state index contributed by atoms with van der Waals surface area (Å²) in [5, 5.41) is 3.94. The van der Waals surface area contributed by atoms with Crippen molar-refractivity contribution in [2.24, 2.45) is 11.1 Å². The molecule has 0 spiro atoms. The average Bonchev–Trinajstić information content (AvgIpc) is 2.93. The van der Waals surface area contributed by atoms with Gasteiger partial charge in [0, 0.05) is 19.1 Å². The minimum Gasteiger partial charge on any atom is -0.488 e. The second-order valence-electron chi connectivity index (χ2n) is 7.70. The number of rotatable bonds is 4. The molecule has 0 saturated carbocycles. The lowest BCUT2D eigenvalue weighted by Crippen LogP contribution is -2.54. The summed E-state index contributed by atoms with van der Waals surface area (Å²) in [5.41, 5.74) is 8.39. The molecule has 2 heterocycles. The van der Waals surface area contributed by atoms with Gasteiger partial charge in [0.15, 0.2) is 0 Å². The van der Waals surface area contributed by atoms with E-state index in [9.17, 15) is 4.79 Å². The third-order valence-electron chi connectivity index (χ3n) is 5.27. The van der Waals surface area contributed by atoms with E-state index in [0.29, 0.717) is 31.0 Å². The Morgan fingerprint density at radius 3 is 2.77 bits per heavy atom. The Labute approximate surface area is 154 Å². The fraction of sp³-hybridized carbons (Fsp3) is 0.500. The highest BCUT2D eigenvalue weighted by molar-refractivity contribution is 5.97. The normalized spacial score (nSPS) is 19.4. The summed E-state index contributed by atoms with van der Waals surface area (Å²) >= 11 is 0. The molecular weight excluding hydrogens is 330 g/mol. The first-order chi connectivity index (χ1) is 12.3. The van der Waals surface area contributed by atoms with Crippen LogP contribution in [0.5, 0.6) is 5.75 Å². The van der Waals surface area contributed by atoms with Crippen LogP contribution in [0.1, 0.15) is 47.6 Å². The summed E-state index contributed by atoms with van der Waals surface area (Å²) in [5.74, 6) is 1.29. The van der Waals surface area contributed by atoms with Gasteiger partial charge >= 0.3 is 0 Å². The molecule has 1 aliphatic rings. The maximum atomic E-state index is 13.1. The Balaban J connectivity index is 1.77. The number of carbonyl (C=O) groups is 1. The van der Waals surface area contributed by atoms with Gasteiger partial charge in [-0.15, -0.1) is 0 Å². The summed E-state index contributed by atoms with van der Waals surface area (Å²) in [6, 6.07) is 7.48. The molecule has 6 heteroatoms. The summed E-state index contributed by atoms with van der Waals surface area (Å²) in [6.45, 7) is 9.59. The van der Waals surface area contributed by atoms with Crippen molar-refractivity contribution >= 4 is 5.91 Å². The van der Waals surface area contributed by atoms with Gasteiger partial charge in [0.05, 0.1) is 16.8 Å². The maximum absolute atomic E-state index is 13.1. The first-order valence-corrected chi connectivity index (χ1v) is 8.98. The number of carbonyl (C=O) groups excluding carboxylic acids is 1. The van der Waals surface area contributed by atoms with E-state index in [0.717, 1.165) is 23.4 Å². The molecule has 6 nitrogen and oxygen atoms in total. The molecule has 3 rings (SSSR count). The Hall–Kier alpha value is -2.34. The summed E-state index contributed by atoms with van der Waals surface area (Å²) < 4.78 is 11.1. The van der Waals surface area contributed by atoms with Gasteiger partial charge in [0.25, 0.3) is 5.91 Å². The number of aromatic nitrogens is 1. The van der Waals surface area contributed by atoms with Crippen molar-refractivity contribution in [1.82, 2.24) is 10.1 Å². The maximum Gasteiger partial charge on any atom is 0.257 e. The molecule has 1 aliphatic heterocycles. The number of ether oxygens (including phenoxy) is 1. The van der Waals surface area contributed by atoms with E-state index >= 15 is 0 Å². The van der Waals surface area contributed by atoms with Crippen LogP contribution in [0.3, 0.4) is 0 Å². The number of aryl methyl sites for hydroxylation is 2. The summed E-state index contributed by atoms with van der Waals surface area (Å²) in [6.07, 6.45) is 0.806. The van der Waals surface area contributed by atoms with Crippen LogP contribution in [-0.2, 0) is 6.61 Å². The first kappa shape index (κ1) is 18.5. The van der Waals surface area contributed by atoms with Crippen LogP contribution in [0.15, 0.2) is 28.8 Å². The summed E-state index contributed by atoms with van der Waals surface area (Å²) in [4.78, 5) is 15.0. The number of benzene rings is 1. The second-order valence-corrected chi connectivity index (χ2v) is 7.70. The molecule has 0 aliphatic carbocycles. The van der Waals surface area contributed by atoms with Crippen LogP contribution in [0, 0.1) is 19.3 Å². The van der Waals surface area contributed by atoms with E-state index in [2.05, 4.69) is 19.0 Å². The fourth-order valence-corrected chi connectivity index (χ4v) is 3.34. The highest BCUT2D eigenvalue weighted by atomic mass is 16.5. The van der Waals surface area contributed by atoms with E-state index in [1.807, 2.05) is 43.0 Å². The van der Waals surface area contributed by atoms with Gasteiger partial charge in [-0.3, -0.25) is 4.79 Å². The Morgan fingerprint density at radius 1 is 1.38 bits per heavy atom. The lowest BCUT2D eigenvalue weighted by molar-refractivity contribution is 0.0528. The number of hydrogen-bond donors (Lipinski definition) is 1. The van der Waals surface area contributed by atoms with E-state index in [1.165, 1.54) is 0 Å². The molecule has 0 bridgehead atoms. The number of para-hydroxylation sites is 1. The average molecular weight is 357 g/mol. The van der Waals surface area contributed by atoms with Crippen LogP contribution >= 0.6 is 0 Å². The molecule has 2 N–H and O–H groups in total. The highest BCUT2D eigenvalue weighted by Gasteiger charge is 2.36. The standard InChI is InChI=1S/C20H27N3O3/c1-13-16(14(2)26-22-13)11-25-17-8-6-5-7-15(17)19(24)23-10-9-18(21)20(3,4)12-23/h5-8,18H,9-12,21H2,1-4H3. The molecule has 1 aromatic heterocycles. The van der Waals surface area contributed by atoms with Crippen LogP contribution in [-0.4, -0.2) is 35.1 Å². The Bertz CT molecular complexity index is 778. The molecule has 1 saturated heterocycles. The van der Waals surface area contributed by atoms with E-state index < -0.39 is 0 Å². The molecule has 1 amide bonds. The van der Waals surface area contributed by atoms with Gasteiger partial charge in [-0.25, -0.2) is 0 Å². The van der Waals surface area contributed by atoms with Gasteiger partial charge in [0.1, 0.15) is 18.1 Å². The molecule has 26 heavy (non-hydrogen) atoms. The van der Waals surface area contributed by atoms with Gasteiger partial charge in [-0.1, -0.05) is 31.1 Å². The highest BCUT2D eigenvalue weighted by Crippen LogP contribution is 2.30. The topological polar surface area (TPSA) is 81.6 Å². The minimum atomic E-state index is -0.0968. The van der Waals surface area contributed by atoms with Gasteiger partial charge in [0.2, 0.25) is 0 Å². The quantitative estimate of drug-likeness (QED) is 0.909. The van der Waals surface area contributed by atoms with Crippen LogP contribution in [0.25, 0.3) is 0 Å². The molecule has 140 valence electrons. The Kier molecular flexibility index (Phi) is 5.05. The zero-order valence-corrected chi connectivity index (χ0v) is 15.9. The molecule has 1 atom stereocenters. The molecule has 0 radical (unpaired) electrons. The smallest absolute Gasteiger partial charge is 0.257 e. The van der Waals surface area contributed by atoms with Crippen molar-refractivity contribution in [2.45, 2.75) is 46.8 Å². The summed E-state index contributed by atoms with van der Waals surface area (Å²) in [7, 11) is 0. The molecule has 2 aromatic rings. The van der Waals surface area contributed by atoms with Crippen molar-refractivity contribution in [2.75, 3.05) is 13.1 Å². The first-order valence-electron chi connectivity index (χ1n) is 8.98. The number of piperidine rings is 1. The zero-order chi connectivity index (χ0) is 18.9. The number of hydrogen-bond acceptors (Lipinski definition) is 5. The molecule has 1 fully saturated rings. The van der Waals surface area contributed by atoms with Crippen molar-refractivity contribution in [1.29, 1.82) is 0 Å². The van der Waals surface area contributed by atoms with Crippen molar-refractivity contribution in [3.8, 4) is 5.75 Å². The molecule has 1 unspecified atom stereocenters. The molecular formula is C20H27N3O3. The zero-order valence-electron chi connectivity index (χ0n) is 15.9. The SMILES string of the molecule is Cc1noc(C)c1COc1ccccc1C(=O)N1CCC(N)C(C)(C)C1. The fourth-order valence-electron chi connectivity index (χ4n) is 3.34. The minimum absolute atomic E-state index is 0.0145. The number of nitrogens with zero attached hydrogens (tertiary/aromatic N) is 2. The largest absolute Gasteiger partial charge is 0.488 e. The number of amides is 1. The van der Waals surface area contributed by atoms with Gasteiger partial charge < -0.3 is 19.9 Å². The van der Waals surface area contributed by atoms with Gasteiger partial charge in [-0.05, 0) is 37.8 Å². The Morgan fingerprint density at radius 2 is 2.12 bits per heavy atom. The van der Waals surface area contributed by atoms with E-state index in [1.54, 1.807) is 0 Å².